The van der Waals surface area contributed by atoms with Crippen LogP contribution in [0.2, 0.25) is 0 Å². The van der Waals surface area contributed by atoms with Gasteiger partial charge in [0.15, 0.2) is 5.96 Å². The Kier molecular flexibility index (Phi) is 8.74. The van der Waals surface area contributed by atoms with Gasteiger partial charge in [-0.1, -0.05) is 24.3 Å². The summed E-state index contributed by atoms with van der Waals surface area (Å²) < 4.78 is 5.59. The van der Waals surface area contributed by atoms with E-state index in [2.05, 4.69) is 51.7 Å². The minimum atomic E-state index is 0. The largest absolute Gasteiger partial charge is 0.376 e. The predicted molar refractivity (Wildman–Crippen MR) is 102 cm³/mol. The van der Waals surface area contributed by atoms with E-state index < -0.39 is 0 Å². The first-order valence-corrected chi connectivity index (χ1v) is 7.51. The summed E-state index contributed by atoms with van der Waals surface area (Å²) in [6.45, 7) is 6.76. The van der Waals surface area contributed by atoms with Crippen molar-refractivity contribution in [2.45, 2.75) is 26.1 Å². The summed E-state index contributed by atoms with van der Waals surface area (Å²) in [4.78, 5) is 6.57. The molecule has 1 atom stereocenters. The maximum atomic E-state index is 5.59. The molecule has 1 aliphatic heterocycles. The van der Waals surface area contributed by atoms with Crippen LogP contribution in [-0.2, 0) is 17.8 Å². The molecule has 5 nitrogen and oxygen atoms in total. The highest BCUT2D eigenvalue weighted by Gasteiger charge is 2.16. The van der Waals surface area contributed by atoms with Crippen molar-refractivity contribution in [1.29, 1.82) is 0 Å². The van der Waals surface area contributed by atoms with Crippen LogP contribution >= 0.6 is 24.0 Å². The zero-order chi connectivity index (χ0) is 15.1. The minimum absolute atomic E-state index is 0. The molecule has 1 fully saturated rings. The van der Waals surface area contributed by atoms with Gasteiger partial charge in [0.25, 0.3) is 0 Å². The van der Waals surface area contributed by atoms with E-state index in [1.165, 1.54) is 11.1 Å². The smallest absolute Gasteiger partial charge is 0.190 e. The molecule has 1 aromatic rings. The van der Waals surface area contributed by atoms with Crippen LogP contribution in [0.1, 0.15) is 18.1 Å². The Morgan fingerprint density at radius 1 is 1.41 bits per heavy atom. The monoisotopic (exact) mass is 418 g/mol. The Morgan fingerprint density at radius 2 is 2.18 bits per heavy atom. The van der Waals surface area contributed by atoms with Crippen LogP contribution in [0, 0.1) is 0 Å². The van der Waals surface area contributed by atoms with Crippen LogP contribution in [0.5, 0.6) is 0 Å². The van der Waals surface area contributed by atoms with Gasteiger partial charge in [0.05, 0.1) is 12.7 Å². The van der Waals surface area contributed by atoms with E-state index in [0.29, 0.717) is 6.10 Å². The van der Waals surface area contributed by atoms with Crippen molar-refractivity contribution in [2.24, 2.45) is 4.99 Å². The summed E-state index contributed by atoms with van der Waals surface area (Å²) in [6.07, 6.45) is 0.336. The van der Waals surface area contributed by atoms with Gasteiger partial charge in [-0.25, -0.2) is 0 Å². The number of guanidine groups is 1. The molecule has 0 aromatic heterocycles. The normalized spacial score (nSPS) is 19.4. The van der Waals surface area contributed by atoms with Crippen molar-refractivity contribution in [3.05, 3.63) is 35.4 Å². The lowest BCUT2D eigenvalue weighted by Gasteiger charge is -2.31. The van der Waals surface area contributed by atoms with E-state index >= 15 is 0 Å². The van der Waals surface area contributed by atoms with Gasteiger partial charge < -0.3 is 15.4 Å². The third kappa shape index (κ3) is 6.10. The van der Waals surface area contributed by atoms with Crippen molar-refractivity contribution >= 4 is 29.9 Å². The average molecular weight is 418 g/mol. The van der Waals surface area contributed by atoms with Crippen molar-refractivity contribution in [3.8, 4) is 0 Å². The fourth-order valence-electron chi connectivity index (χ4n) is 2.60. The molecule has 0 radical (unpaired) electrons. The fourth-order valence-corrected chi connectivity index (χ4v) is 2.60. The third-order valence-corrected chi connectivity index (χ3v) is 3.64. The first-order valence-electron chi connectivity index (χ1n) is 7.51. The minimum Gasteiger partial charge on any atom is -0.376 e. The number of morpholine rings is 1. The quantitative estimate of drug-likeness (QED) is 0.445. The molecule has 0 bridgehead atoms. The Labute approximate surface area is 150 Å². The molecule has 1 heterocycles. The van der Waals surface area contributed by atoms with Crippen LogP contribution < -0.4 is 10.6 Å². The maximum Gasteiger partial charge on any atom is 0.190 e. The summed E-state index contributed by atoms with van der Waals surface area (Å²) in [5.74, 6) is 0.808. The molecule has 22 heavy (non-hydrogen) atoms. The van der Waals surface area contributed by atoms with Crippen LogP contribution in [0.25, 0.3) is 0 Å². The van der Waals surface area contributed by atoms with Gasteiger partial charge in [0, 0.05) is 40.3 Å². The second kappa shape index (κ2) is 10.0. The lowest BCUT2D eigenvalue weighted by Crippen LogP contribution is -2.40. The molecule has 2 N–H and O–H groups in total. The number of ether oxygens (including phenoxy) is 1. The number of halogens is 1. The summed E-state index contributed by atoms with van der Waals surface area (Å²) in [7, 11) is 3.64. The number of nitrogens with zero attached hydrogens (tertiary/aromatic N) is 2. The highest BCUT2D eigenvalue weighted by Crippen LogP contribution is 2.12. The summed E-state index contributed by atoms with van der Waals surface area (Å²) in [5, 5.41) is 6.30. The van der Waals surface area contributed by atoms with Crippen molar-refractivity contribution in [3.63, 3.8) is 0 Å². The van der Waals surface area contributed by atoms with E-state index in [1.807, 2.05) is 7.05 Å². The molecule has 1 aliphatic rings. The Morgan fingerprint density at radius 3 is 2.86 bits per heavy atom. The molecule has 0 saturated carbocycles. The maximum absolute atomic E-state index is 5.59. The second-order valence-electron chi connectivity index (χ2n) is 5.41. The second-order valence-corrected chi connectivity index (χ2v) is 5.41. The molecular formula is C16H27IN4O. The number of rotatable bonds is 4. The third-order valence-electron chi connectivity index (χ3n) is 3.64. The molecule has 2 rings (SSSR count). The lowest BCUT2D eigenvalue weighted by molar-refractivity contribution is -0.0212. The molecule has 0 aliphatic carbocycles. The van der Waals surface area contributed by atoms with E-state index in [9.17, 15) is 0 Å². The van der Waals surface area contributed by atoms with E-state index in [4.69, 9.17) is 4.74 Å². The summed E-state index contributed by atoms with van der Waals surface area (Å²) in [5.41, 5.74) is 2.62. The molecule has 0 amide bonds. The molecule has 124 valence electrons. The fraction of sp³-hybridized carbons (Fsp3) is 0.562. The molecule has 6 heteroatoms. The van der Waals surface area contributed by atoms with Crippen LogP contribution in [0.3, 0.4) is 0 Å². The summed E-state index contributed by atoms with van der Waals surface area (Å²) >= 11 is 0. The van der Waals surface area contributed by atoms with E-state index in [-0.39, 0.29) is 24.0 Å². The van der Waals surface area contributed by atoms with Crippen molar-refractivity contribution < 1.29 is 4.74 Å². The van der Waals surface area contributed by atoms with Gasteiger partial charge in [-0.05, 0) is 18.1 Å². The van der Waals surface area contributed by atoms with Gasteiger partial charge in [-0.15, -0.1) is 24.0 Å². The van der Waals surface area contributed by atoms with Gasteiger partial charge in [-0.2, -0.15) is 0 Å². The number of hydrogen-bond donors (Lipinski definition) is 2. The highest BCUT2D eigenvalue weighted by atomic mass is 127. The van der Waals surface area contributed by atoms with E-state index in [0.717, 1.165) is 38.7 Å². The van der Waals surface area contributed by atoms with Crippen LogP contribution in [0.4, 0.5) is 0 Å². The van der Waals surface area contributed by atoms with Gasteiger partial charge in [0.2, 0.25) is 0 Å². The van der Waals surface area contributed by atoms with Crippen LogP contribution in [-0.4, -0.2) is 50.8 Å². The van der Waals surface area contributed by atoms with Gasteiger partial charge >= 0.3 is 0 Å². The summed E-state index contributed by atoms with van der Waals surface area (Å²) in [6, 6.07) is 8.71. The Balaban J connectivity index is 0.00000242. The van der Waals surface area contributed by atoms with E-state index in [1.54, 1.807) is 7.05 Å². The molecular weight excluding hydrogens is 391 g/mol. The van der Waals surface area contributed by atoms with Crippen molar-refractivity contribution in [1.82, 2.24) is 15.5 Å². The molecule has 1 aromatic carbocycles. The number of benzene rings is 1. The first kappa shape index (κ1) is 19.2. The molecule has 0 spiro atoms. The highest BCUT2D eigenvalue weighted by molar-refractivity contribution is 14.0. The van der Waals surface area contributed by atoms with Crippen LogP contribution in [0.15, 0.2) is 29.3 Å². The topological polar surface area (TPSA) is 48.9 Å². The standard InChI is InChI=1S/C16H26N4O.HI/c1-13-11-20(7-8-21-13)12-15-6-4-5-14(9-15)10-19-16(17-2)18-3;/h4-6,9,13H,7-8,10-12H2,1-3H3,(H2,17,18,19);1H. The Bertz CT molecular complexity index is 481. The average Bonchev–Trinajstić information content (AvgIpc) is 2.49. The SMILES string of the molecule is CN=C(NC)NCc1cccc(CN2CCOC(C)C2)c1.I. The number of nitrogens with one attached hydrogen (secondary N) is 2. The molecule has 1 unspecified atom stereocenters. The van der Waals surface area contributed by atoms with Gasteiger partial charge in [-0.3, -0.25) is 9.89 Å². The number of hydrogen-bond acceptors (Lipinski definition) is 3. The van der Waals surface area contributed by atoms with Crippen molar-refractivity contribution in [2.75, 3.05) is 33.8 Å². The zero-order valence-electron chi connectivity index (χ0n) is 13.6. The first-order chi connectivity index (χ1) is 10.2. The Hall–Kier alpha value is -0.860. The van der Waals surface area contributed by atoms with Gasteiger partial charge in [0.1, 0.15) is 0 Å². The zero-order valence-corrected chi connectivity index (χ0v) is 16.0. The lowest BCUT2D eigenvalue weighted by atomic mass is 10.1. The molecule has 1 saturated heterocycles. The predicted octanol–water partition coefficient (Wildman–Crippen LogP) is 1.82. The number of aliphatic imine (C=N–C) groups is 1.